The number of aliphatic hydroxyl groups excluding tert-OH is 2. The van der Waals surface area contributed by atoms with Gasteiger partial charge in [0.15, 0.2) is 0 Å². The molecule has 0 saturated heterocycles. The van der Waals surface area contributed by atoms with Crippen molar-refractivity contribution >= 4 is 47.3 Å². The Labute approximate surface area is 465 Å². The lowest BCUT2D eigenvalue weighted by molar-refractivity contribution is -0.140. The monoisotopic (exact) mass is 1110 g/mol. The van der Waals surface area contributed by atoms with Crippen LogP contribution in [0.4, 0.5) is 8.78 Å². The van der Waals surface area contributed by atoms with E-state index in [0.29, 0.717) is 24.1 Å². The summed E-state index contributed by atoms with van der Waals surface area (Å²) in [6.45, 7) is 14.1. The number of nitrogens with zero attached hydrogens (tertiary/aromatic N) is 3. The topological polar surface area (TPSA) is 308 Å². The molecule has 8 amide bonds. The van der Waals surface area contributed by atoms with Crippen molar-refractivity contribution in [2.75, 3.05) is 39.3 Å². The molecule has 0 aliphatic heterocycles. The summed E-state index contributed by atoms with van der Waals surface area (Å²) in [5.74, 6) is -7.53. The number of nitrogens with two attached hydrogens (primary N) is 1. The minimum Gasteiger partial charge on any atom is -0.513 e. The highest BCUT2D eigenvalue weighted by atomic mass is 19.1. The van der Waals surface area contributed by atoms with Crippen molar-refractivity contribution in [3.8, 4) is 11.1 Å². The number of primary amides is 1. The molecule has 434 valence electrons. The fourth-order valence-corrected chi connectivity index (χ4v) is 9.21. The van der Waals surface area contributed by atoms with E-state index in [1.165, 1.54) is 24.2 Å². The molecule has 23 heteroatoms. The third kappa shape index (κ3) is 21.3. The standard InChI is InChI=1S/C57H77F2N11O10/c1-35(24-36(2)72)29-57(7,8)65-31-49(75)62-21-22-63-54(79)44(67-55(80)45(28-47(60)73)68-53(78)37(3)66-50(76)30-64-48(74)25-38-16-19-61-20-17-38)18-23-70(51(77)34-71)52(56(4,5)6)46-26-40(42-27-41(58)14-15-43(42)59)33-69(46)32-39-12-10-9-11-13-39/h9-17,19-20,26-27,33,35,37,44-45,52,65,71-72H,2,18,21-25,28-32,34H2,1,3-8H3,(H2,60,73)(H,62,75)(H,63,79)(H,64,74)(H,66,76)(H,67,80)(H,68,78)/t35?,37-,44-,45-,52?/m0/s1. The lowest BCUT2D eigenvalue weighted by Gasteiger charge is -2.41. The highest BCUT2D eigenvalue weighted by molar-refractivity contribution is 5.96. The molecule has 4 aromatic rings. The minimum absolute atomic E-state index is 0.0381. The van der Waals surface area contributed by atoms with E-state index >= 15 is 4.39 Å². The zero-order chi connectivity index (χ0) is 59.3. The number of amides is 8. The smallest absolute Gasteiger partial charge is 0.248 e. The third-order valence-corrected chi connectivity index (χ3v) is 12.8. The molecule has 0 aliphatic carbocycles. The van der Waals surface area contributed by atoms with Crippen LogP contribution in [-0.4, -0.2) is 135 Å². The number of aliphatic hydroxyl groups is 2. The van der Waals surface area contributed by atoms with Crippen LogP contribution in [-0.2, 0) is 51.3 Å². The maximum atomic E-state index is 15.4. The van der Waals surface area contributed by atoms with E-state index in [2.05, 4.69) is 48.8 Å². The van der Waals surface area contributed by atoms with E-state index in [-0.39, 0.29) is 68.4 Å². The Bertz CT molecular complexity index is 2790. The van der Waals surface area contributed by atoms with Crippen molar-refractivity contribution in [2.45, 2.75) is 117 Å². The van der Waals surface area contributed by atoms with E-state index in [4.69, 9.17) is 5.73 Å². The van der Waals surface area contributed by atoms with E-state index in [1.807, 2.05) is 71.9 Å². The lowest BCUT2D eigenvalue weighted by atomic mass is 9.82. The quantitative estimate of drug-likeness (QED) is 0.0257. The first-order valence-corrected chi connectivity index (χ1v) is 26.3. The molecule has 2 unspecified atom stereocenters. The number of carbonyl (C=O) groups excluding carboxylic acids is 8. The number of pyridine rings is 1. The number of hydrogen-bond donors (Lipinski definition) is 10. The highest BCUT2D eigenvalue weighted by Crippen LogP contribution is 2.41. The number of halogens is 2. The van der Waals surface area contributed by atoms with Gasteiger partial charge in [0.2, 0.25) is 47.3 Å². The number of hydrogen-bond acceptors (Lipinski definition) is 12. The summed E-state index contributed by atoms with van der Waals surface area (Å²) < 4.78 is 31.9. The van der Waals surface area contributed by atoms with Gasteiger partial charge in [0.25, 0.3) is 0 Å². The predicted octanol–water partition coefficient (Wildman–Crippen LogP) is 2.97. The molecule has 4 rings (SSSR count). The molecule has 2 aromatic heterocycles. The minimum atomic E-state index is -1.71. The van der Waals surface area contributed by atoms with Gasteiger partial charge in [0.1, 0.15) is 36.4 Å². The number of aromatic nitrogens is 2. The average molecular weight is 1110 g/mol. The molecule has 2 aromatic carbocycles. The van der Waals surface area contributed by atoms with Crippen LogP contribution in [0.5, 0.6) is 0 Å². The van der Waals surface area contributed by atoms with Gasteiger partial charge in [-0.3, -0.25) is 43.3 Å². The van der Waals surface area contributed by atoms with Gasteiger partial charge in [0.05, 0.1) is 37.7 Å². The van der Waals surface area contributed by atoms with Crippen molar-refractivity contribution < 1.29 is 57.4 Å². The van der Waals surface area contributed by atoms with Crippen molar-refractivity contribution in [1.82, 2.24) is 51.7 Å². The summed E-state index contributed by atoms with van der Waals surface area (Å²) in [4.78, 5) is 112. The van der Waals surface area contributed by atoms with Crippen molar-refractivity contribution in [3.05, 3.63) is 126 Å². The zero-order valence-corrected chi connectivity index (χ0v) is 46.5. The van der Waals surface area contributed by atoms with Crippen LogP contribution in [0.15, 0.2) is 97.7 Å². The SMILES string of the molecule is C=C(O)CC(C)CC(C)(C)NCC(=O)NCCNC(=O)[C@H](CCN(C(=O)CO)C(c1cc(-c2cc(F)ccc2F)cn1Cc1ccccc1)C(C)(C)C)NC(=O)[C@H](CC(N)=O)NC(=O)[C@H](C)NC(=O)CNC(=O)Cc1ccncc1. The maximum absolute atomic E-state index is 15.4. The van der Waals surface area contributed by atoms with Gasteiger partial charge in [-0.2, -0.15) is 0 Å². The fraction of sp³-hybridized carbons (Fsp3) is 0.456. The molecule has 80 heavy (non-hydrogen) atoms. The first-order valence-electron chi connectivity index (χ1n) is 26.3. The fourth-order valence-electron chi connectivity index (χ4n) is 9.21. The first-order chi connectivity index (χ1) is 37.7. The van der Waals surface area contributed by atoms with Crippen molar-refractivity contribution in [3.63, 3.8) is 0 Å². The Morgan fingerprint density at radius 2 is 1.43 bits per heavy atom. The summed E-state index contributed by atoms with van der Waals surface area (Å²) >= 11 is 0. The molecule has 5 atom stereocenters. The molecule has 0 saturated carbocycles. The van der Waals surface area contributed by atoms with E-state index in [0.717, 1.165) is 23.8 Å². The number of benzene rings is 2. The number of nitrogens with one attached hydrogen (secondary N) is 7. The van der Waals surface area contributed by atoms with Gasteiger partial charge in [-0.15, -0.1) is 0 Å². The Hall–Kier alpha value is -8.05. The normalized spacial score (nSPS) is 13.3. The lowest BCUT2D eigenvalue weighted by Crippen LogP contribution is -2.58. The molecule has 21 nitrogen and oxygen atoms in total. The van der Waals surface area contributed by atoms with Gasteiger partial charge in [-0.05, 0) is 92.5 Å². The number of rotatable bonds is 31. The predicted molar refractivity (Wildman–Crippen MR) is 295 cm³/mol. The summed E-state index contributed by atoms with van der Waals surface area (Å²) in [7, 11) is 0. The van der Waals surface area contributed by atoms with Crippen LogP contribution in [0.25, 0.3) is 11.1 Å². The van der Waals surface area contributed by atoms with Crippen molar-refractivity contribution in [1.29, 1.82) is 0 Å². The second-order valence-corrected chi connectivity index (χ2v) is 21.5. The Morgan fingerprint density at radius 3 is 2.06 bits per heavy atom. The van der Waals surface area contributed by atoms with Gasteiger partial charge in [-0.25, -0.2) is 8.78 Å². The number of carbonyl (C=O) groups is 8. The summed E-state index contributed by atoms with van der Waals surface area (Å²) in [6.07, 6.45) is 4.50. The van der Waals surface area contributed by atoms with Gasteiger partial charge in [-0.1, -0.05) is 64.6 Å². The van der Waals surface area contributed by atoms with Crippen LogP contribution in [0.1, 0.15) is 97.0 Å². The summed E-state index contributed by atoms with van der Waals surface area (Å²) in [5, 5.41) is 38.5. The van der Waals surface area contributed by atoms with E-state index in [9.17, 15) is 53.0 Å². The Balaban J connectivity index is 1.62. The van der Waals surface area contributed by atoms with Crippen LogP contribution in [0.2, 0.25) is 0 Å². The molecule has 0 aliphatic rings. The average Bonchev–Trinajstić information content (AvgIpc) is 3.98. The Morgan fingerprint density at radius 1 is 0.762 bits per heavy atom. The van der Waals surface area contributed by atoms with Crippen LogP contribution in [0, 0.1) is 23.0 Å². The molecular formula is C57H77F2N11O10. The summed E-state index contributed by atoms with van der Waals surface area (Å²) in [6, 6.07) is 11.6. The molecule has 0 radical (unpaired) electrons. The van der Waals surface area contributed by atoms with E-state index < -0.39 is 114 Å². The molecular weight excluding hydrogens is 1040 g/mol. The van der Waals surface area contributed by atoms with E-state index in [1.54, 1.807) is 29.0 Å². The molecule has 0 spiro atoms. The Kier molecular flexibility index (Phi) is 24.5. The van der Waals surface area contributed by atoms with Gasteiger partial charge < -0.3 is 62.6 Å². The number of allylic oxidation sites excluding steroid dienone is 1. The molecule has 11 N–H and O–H groups in total. The van der Waals surface area contributed by atoms with Crippen LogP contribution < -0.4 is 43.0 Å². The molecule has 0 bridgehead atoms. The van der Waals surface area contributed by atoms with Gasteiger partial charge in [0, 0.05) is 73.6 Å². The van der Waals surface area contributed by atoms with Crippen LogP contribution in [0.3, 0.4) is 0 Å². The second kappa shape index (κ2) is 30.4. The van der Waals surface area contributed by atoms with Crippen LogP contribution >= 0.6 is 0 Å². The first kappa shape index (κ1) is 64.5. The third-order valence-electron chi connectivity index (χ3n) is 12.8. The zero-order valence-electron chi connectivity index (χ0n) is 46.5. The maximum Gasteiger partial charge on any atom is 0.248 e. The van der Waals surface area contributed by atoms with Gasteiger partial charge >= 0.3 is 0 Å². The largest absolute Gasteiger partial charge is 0.513 e. The second-order valence-electron chi connectivity index (χ2n) is 21.5. The van der Waals surface area contributed by atoms with Crippen molar-refractivity contribution in [2.24, 2.45) is 17.1 Å². The summed E-state index contributed by atoms with van der Waals surface area (Å²) in [5.41, 5.74) is 6.33. The highest BCUT2D eigenvalue weighted by Gasteiger charge is 2.39. The molecule has 0 fully saturated rings. The molecule has 2 heterocycles.